The molecule has 0 aromatic heterocycles. The maximum atomic E-state index is 5.36. The van der Waals surface area contributed by atoms with E-state index >= 15 is 0 Å². The molecule has 2 heterocycles. The molecule has 0 N–H and O–H groups in total. The summed E-state index contributed by atoms with van der Waals surface area (Å²) in [5.41, 5.74) is 0. The molecule has 2 nitrogen and oxygen atoms in total. The summed E-state index contributed by atoms with van der Waals surface area (Å²) in [6.07, 6.45) is 2.52. The molecule has 10 heavy (non-hydrogen) atoms. The second-order valence-electron chi connectivity index (χ2n) is 3.25. The SMILES string of the molecule is C1CC2CCOCC2CO1. The van der Waals surface area contributed by atoms with E-state index in [1.165, 1.54) is 12.8 Å². The fourth-order valence-corrected chi connectivity index (χ4v) is 1.87. The minimum absolute atomic E-state index is 0.711. The van der Waals surface area contributed by atoms with Crippen LogP contribution in [0.25, 0.3) is 0 Å². The molecule has 2 saturated heterocycles. The lowest BCUT2D eigenvalue weighted by molar-refractivity contribution is -0.0664. The quantitative estimate of drug-likeness (QED) is 0.503. The van der Waals surface area contributed by atoms with Crippen LogP contribution in [0.15, 0.2) is 0 Å². The van der Waals surface area contributed by atoms with Gasteiger partial charge >= 0.3 is 0 Å². The molecule has 2 aliphatic rings. The number of ether oxygens (including phenoxy) is 2. The average molecular weight is 142 g/mol. The van der Waals surface area contributed by atoms with Crippen LogP contribution in [-0.4, -0.2) is 26.4 Å². The first kappa shape index (κ1) is 6.62. The van der Waals surface area contributed by atoms with E-state index < -0.39 is 0 Å². The molecule has 0 amide bonds. The van der Waals surface area contributed by atoms with Gasteiger partial charge in [0.2, 0.25) is 0 Å². The lowest BCUT2D eigenvalue weighted by Gasteiger charge is -2.34. The Morgan fingerprint density at radius 2 is 1.40 bits per heavy atom. The molecule has 0 spiro atoms. The summed E-state index contributed by atoms with van der Waals surface area (Å²) in [4.78, 5) is 0. The zero-order chi connectivity index (χ0) is 6.81. The van der Waals surface area contributed by atoms with Crippen LogP contribution in [0, 0.1) is 11.8 Å². The molecule has 0 radical (unpaired) electrons. The van der Waals surface area contributed by atoms with Crippen LogP contribution in [-0.2, 0) is 9.47 Å². The molecular weight excluding hydrogens is 128 g/mol. The van der Waals surface area contributed by atoms with Crippen LogP contribution in [0.2, 0.25) is 0 Å². The second kappa shape index (κ2) is 2.89. The van der Waals surface area contributed by atoms with Crippen molar-refractivity contribution < 1.29 is 9.47 Å². The Labute approximate surface area is 61.5 Å². The van der Waals surface area contributed by atoms with Gasteiger partial charge in [0.1, 0.15) is 0 Å². The molecule has 2 aliphatic heterocycles. The molecule has 0 aromatic rings. The van der Waals surface area contributed by atoms with Crippen molar-refractivity contribution in [3.63, 3.8) is 0 Å². The summed E-state index contributed by atoms with van der Waals surface area (Å²) in [7, 11) is 0. The van der Waals surface area contributed by atoms with E-state index in [1.54, 1.807) is 0 Å². The summed E-state index contributed by atoms with van der Waals surface area (Å²) in [6, 6.07) is 0. The van der Waals surface area contributed by atoms with E-state index in [4.69, 9.17) is 9.47 Å². The highest BCUT2D eigenvalue weighted by atomic mass is 16.5. The van der Waals surface area contributed by atoms with E-state index in [-0.39, 0.29) is 0 Å². The fraction of sp³-hybridized carbons (Fsp3) is 1.00. The molecule has 0 aliphatic carbocycles. The Morgan fingerprint density at radius 1 is 0.800 bits per heavy atom. The Bertz CT molecular complexity index is 87.8. The van der Waals surface area contributed by atoms with E-state index in [1.807, 2.05) is 0 Å². The van der Waals surface area contributed by atoms with Crippen molar-refractivity contribution in [2.45, 2.75) is 12.8 Å². The van der Waals surface area contributed by atoms with Gasteiger partial charge in [-0.1, -0.05) is 0 Å². The average Bonchev–Trinajstić information content (AvgIpc) is 2.05. The highest BCUT2D eigenvalue weighted by Gasteiger charge is 2.28. The molecule has 2 heteroatoms. The van der Waals surface area contributed by atoms with Gasteiger partial charge < -0.3 is 9.47 Å². The molecule has 2 rings (SSSR count). The van der Waals surface area contributed by atoms with Gasteiger partial charge in [-0.15, -0.1) is 0 Å². The number of fused-ring (bicyclic) bond motifs is 1. The maximum Gasteiger partial charge on any atom is 0.0518 e. The minimum atomic E-state index is 0.711. The zero-order valence-corrected chi connectivity index (χ0v) is 6.21. The molecular formula is C8H14O2. The molecule has 0 atom stereocenters. The van der Waals surface area contributed by atoms with Gasteiger partial charge in [-0.25, -0.2) is 0 Å². The van der Waals surface area contributed by atoms with Gasteiger partial charge in [0.05, 0.1) is 13.2 Å². The third kappa shape index (κ3) is 1.18. The normalized spacial score (nSPS) is 40.8. The van der Waals surface area contributed by atoms with Crippen molar-refractivity contribution in [3.8, 4) is 0 Å². The Morgan fingerprint density at radius 3 is 1.90 bits per heavy atom. The Balaban J connectivity index is 1.93. The van der Waals surface area contributed by atoms with E-state index in [9.17, 15) is 0 Å². The van der Waals surface area contributed by atoms with Crippen molar-refractivity contribution in [1.29, 1.82) is 0 Å². The minimum Gasteiger partial charge on any atom is -0.381 e. The smallest absolute Gasteiger partial charge is 0.0518 e. The number of rotatable bonds is 0. The summed E-state index contributed by atoms with van der Waals surface area (Å²) in [5, 5.41) is 0. The molecule has 0 saturated carbocycles. The van der Waals surface area contributed by atoms with Crippen LogP contribution < -0.4 is 0 Å². The zero-order valence-electron chi connectivity index (χ0n) is 6.21. The van der Waals surface area contributed by atoms with Crippen LogP contribution in [0.4, 0.5) is 0 Å². The maximum absolute atomic E-state index is 5.36. The first-order valence-electron chi connectivity index (χ1n) is 4.12. The van der Waals surface area contributed by atoms with Crippen LogP contribution in [0.3, 0.4) is 0 Å². The number of hydrogen-bond donors (Lipinski definition) is 0. The van der Waals surface area contributed by atoms with Crippen molar-refractivity contribution >= 4 is 0 Å². The highest BCUT2D eigenvalue weighted by Crippen LogP contribution is 2.28. The van der Waals surface area contributed by atoms with Crippen molar-refractivity contribution in [3.05, 3.63) is 0 Å². The summed E-state index contributed by atoms with van der Waals surface area (Å²) >= 11 is 0. The lowest BCUT2D eigenvalue weighted by Crippen LogP contribution is -2.35. The third-order valence-corrected chi connectivity index (χ3v) is 2.60. The lowest BCUT2D eigenvalue weighted by atomic mass is 9.85. The third-order valence-electron chi connectivity index (χ3n) is 2.60. The van der Waals surface area contributed by atoms with Gasteiger partial charge in [0, 0.05) is 19.1 Å². The predicted molar refractivity (Wildman–Crippen MR) is 37.9 cm³/mol. The van der Waals surface area contributed by atoms with E-state index in [0.29, 0.717) is 5.92 Å². The monoisotopic (exact) mass is 142 g/mol. The predicted octanol–water partition coefficient (Wildman–Crippen LogP) is 1.06. The largest absolute Gasteiger partial charge is 0.381 e. The highest BCUT2D eigenvalue weighted by molar-refractivity contribution is 4.76. The first-order valence-corrected chi connectivity index (χ1v) is 4.12. The Hall–Kier alpha value is -0.0800. The van der Waals surface area contributed by atoms with Crippen LogP contribution in [0.5, 0.6) is 0 Å². The Kier molecular flexibility index (Phi) is 1.91. The number of hydrogen-bond acceptors (Lipinski definition) is 2. The summed E-state index contributed by atoms with van der Waals surface area (Å²) in [5.74, 6) is 1.62. The molecule has 2 fully saturated rings. The van der Waals surface area contributed by atoms with Gasteiger partial charge in [0.25, 0.3) is 0 Å². The topological polar surface area (TPSA) is 18.5 Å². The summed E-state index contributed by atoms with van der Waals surface area (Å²) in [6.45, 7) is 3.82. The van der Waals surface area contributed by atoms with Crippen molar-refractivity contribution in [2.24, 2.45) is 11.8 Å². The molecule has 0 unspecified atom stereocenters. The van der Waals surface area contributed by atoms with Gasteiger partial charge in [-0.05, 0) is 18.8 Å². The van der Waals surface area contributed by atoms with Crippen LogP contribution in [0.1, 0.15) is 12.8 Å². The van der Waals surface area contributed by atoms with E-state index in [0.717, 1.165) is 32.3 Å². The molecule has 0 bridgehead atoms. The van der Waals surface area contributed by atoms with Crippen LogP contribution >= 0.6 is 0 Å². The second-order valence-corrected chi connectivity index (χ2v) is 3.25. The van der Waals surface area contributed by atoms with Gasteiger partial charge in [0.15, 0.2) is 0 Å². The van der Waals surface area contributed by atoms with E-state index in [2.05, 4.69) is 0 Å². The fourth-order valence-electron chi connectivity index (χ4n) is 1.87. The first-order chi connectivity index (χ1) is 4.97. The standard InChI is InChI=1S/C8H14O2/c1-3-9-5-8-6-10-4-2-7(1)8/h7-8H,1-6H2. The molecule has 0 aromatic carbocycles. The summed E-state index contributed by atoms with van der Waals surface area (Å²) < 4.78 is 10.7. The van der Waals surface area contributed by atoms with Crippen molar-refractivity contribution in [1.82, 2.24) is 0 Å². The van der Waals surface area contributed by atoms with Gasteiger partial charge in [-0.2, -0.15) is 0 Å². The van der Waals surface area contributed by atoms with Crippen molar-refractivity contribution in [2.75, 3.05) is 26.4 Å². The van der Waals surface area contributed by atoms with Gasteiger partial charge in [-0.3, -0.25) is 0 Å². The molecule has 58 valence electrons.